The molecule has 10 nitrogen and oxygen atoms in total. The Morgan fingerprint density at radius 1 is 0.786 bits per heavy atom. The minimum atomic E-state index is -4.84. The van der Waals surface area contributed by atoms with Crippen LogP contribution in [0.25, 0.3) is 0 Å². The van der Waals surface area contributed by atoms with Crippen LogP contribution < -0.4 is 9.47 Å². The van der Waals surface area contributed by atoms with Crippen molar-refractivity contribution in [2.75, 3.05) is 14.2 Å². The summed E-state index contributed by atoms with van der Waals surface area (Å²) in [5.74, 6) is -2.61. The number of benzene rings is 2. The number of fused-ring (bicyclic) bond motifs is 2. The number of carbonyl (C=O) groups is 2. The third-order valence-corrected chi connectivity index (χ3v) is 5.85. The summed E-state index contributed by atoms with van der Waals surface area (Å²) in [6.45, 7) is 0. The Morgan fingerprint density at radius 2 is 1.39 bits per heavy atom. The number of hydrogen-bond donors (Lipinski definition) is 2. The van der Waals surface area contributed by atoms with Gasteiger partial charge in [0, 0.05) is 17.2 Å². The summed E-state index contributed by atoms with van der Waals surface area (Å²) in [5.41, 5.74) is -1.38. The van der Waals surface area contributed by atoms with E-state index in [1.807, 2.05) is 0 Å². The normalized spacial score (nSPS) is 13.7. The van der Waals surface area contributed by atoms with Crippen molar-refractivity contribution in [3.63, 3.8) is 0 Å². The SMILES string of the molecule is COc1cc(S(=O)(=O)O)c(OC)c2c1C(=O)c1cc(S(=O)(=O)O)ccc1C2=O. The highest BCUT2D eigenvalue weighted by molar-refractivity contribution is 7.86. The quantitative estimate of drug-likeness (QED) is 0.573. The number of ether oxygens (including phenoxy) is 2. The fourth-order valence-electron chi connectivity index (χ4n) is 2.95. The van der Waals surface area contributed by atoms with E-state index in [1.54, 1.807) is 0 Å². The summed E-state index contributed by atoms with van der Waals surface area (Å²) < 4.78 is 74.7. The van der Waals surface area contributed by atoms with Crippen molar-refractivity contribution in [3.8, 4) is 11.5 Å². The Bertz CT molecular complexity index is 1250. The van der Waals surface area contributed by atoms with Crippen LogP contribution in [0.3, 0.4) is 0 Å². The topological polar surface area (TPSA) is 161 Å². The van der Waals surface area contributed by atoms with Gasteiger partial charge in [-0.05, 0) is 18.2 Å². The highest BCUT2D eigenvalue weighted by Crippen LogP contribution is 2.42. The van der Waals surface area contributed by atoms with Crippen LogP contribution in [0, 0.1) is 0 Å². The van der Waals surface area contributed by atoms with Gasteiger partial charge in [-0.3, -0.25) is 18.7 Å². The molecule has 1 aliphatic rings. The maximum absolute atomic E-state index is 13.0. The van der Waals surface area contributed by atoms with Crippen molar-refractivity contribution in [1.29, 1.82) is 0 Å². The Balaban J connectivity index is 2.43. The van der Waals surface area contributed by atoms with E-state index in [0.29, 0.717) is 0 Å². The van der Waals surface area contributed by atoms with Crippen LogP contribution in [0.1, 0.15) is 31.8 Å². The van der Waals surface area contributed by atoms with Gasteiger partial charge in [-0.2, -0.15) is 16.8 Å². The first kappa shape index (κ1) is 19.9. The van der Waals surface area contributed by atoms with Gasteiger partial charge in [-0.25, -0.2) is 0 Å². The molecular formula is C16H12O10S2. The number of rotatable bonds is 4. The molecule has 0 radical (unpaired) electrons. The van der Waals surface area contributed by atoms with Gasteiger partial charge in [0.05, 0.1) is 30.2 Å². The molecule has 0 unspecified atom stereocenters. The largest absolute Gasteiger partial charge is 0.496 e. The summed E-state index contributed by atoms with van der Waals surface area (Å²) in [6, 6.07) is 3.57. The molecular weight excluding hydrogens is 416 g/mol. The fraction of sp³-hybridized carbons (Fsp3) is 0.125. The van der Waals surface area contributed by atoms with Crippen LogP contribution in [0.2, 0.25) is 0 Å². The molecule has 0 fully saturated rings. The molecule has 1 aliphatic carbocycles. The molecule has 0 heterocycles. The van der Waals surface area contributed by atoms with Gasteiger partial charge in [0.15, 0.2) is 17.3 Å². The van der Waals surface area contributed by atoms with Gasteiger partial charge < -0.3 is 9.47 Å². The summed E-state index contributed by atoms with van der Waals surface area (Å²) in [6.07, 6.45) is 0. The highest BCUT2D eigenvalue weighted by atomic mass is 32.2. The zero-order valence-electron chi connectivity index (χ0n) is 14.3. The van der Waals surface area contributed by atoms with Crippen molar-refractivity contribution >= 4 is 31.8 Å². The van der Waals surface area contributed by atoms with Crippen LogP contribution >= 0.6 is 0 Å². The number of methoxy groups -OCH3 is 2. The predicted octanol–water partition coefficient (Wildman–Crippen LogP) is 0.973. The minimum Gasteiger partial charge on any atom is -0.496 e. The molecule has 12 heteroatoms. The lowest BCUT2D eigenvalue weighted by Gasteiger charge is -2.23. The number of carbonyl (C=O) groups excluding carboxylic acids is 2. The van der Waals surface area contributed by atoms with Crippen molar-refractivity contribution in [2.45, 2.75) is 9.79 Å². The molecule has 0 saturated carbocycles. The van der Waals surface area contributed by atoms with E-state index in [1.165, 1.54) is 0 Å². The van der Waals surface area contributed by atoms with E-state index >= 15 is 0 Å². The van der Waals surface area contributed by atoms with E-state index in [-0.39, 0.29) is 22.4 Å². The molecule has 2 N–H and O–H groups in total. The van der Waals surface area contributed by atoms with Crippen LogP contribution in [0.5, 0.6) is 11.5 Å². The molecule has 0 bridgehead atoms. The van der Waals surface area contributed by atoms with E-state index in [0.717, 1.165) is 38.5 Å². The molecule has 3 rings (SSSR count). The average molecular weight is 428 g/mol. The zero-order valence-corrected chi connectivity index (χ0v) is 15.9. The molecule has 148 valence electrons. The molecule has 0 aliphatic heterocycles. The number of hydrogen-bond acceptors (Lipinski definition) is 8. The lowest BCUT2D eigenvalue weighted by atomic mass is 9.83. The van der Waals surface area contributed by atoms with Gasteiger partial charge in [0.25, 0.3) is 20.2 Å². The molecule has 0 aromatic heterocycles. The van der Waals surface area contributed by atoms with Crippen LogP contribution in [0.4, 0.5) is 0 Å². The van der Waals surface area contributed by atoms with Gasteiger partial charge >= 0.3 is 0 Å². The van der Waals surface area contributed by atoms with Gasteiger partial charge in [0.1, 0.15) is 10.6 Å². The molecule has 0 spiro atoms. The van der Waals surface area contributed by atoms with Crippen molar-refractivity contribution < 1.29 is 45.0 Å². The van der Waals surface area contributed by atoms with E-state index < -0.39 is 52.9 Å². The molecule has 0 amide bonds. The second kappa shape index (κ2) is 6.38. The van der Waals surface area contributed by atoms with Gasteiger partial charge in [-0.15, -0.1) is 0 Å². The lowest BCUT2D eigenvalue weighted by Crippen LogP contribution is -2.24. The molecule has 2 aromatic rings. The third kappa shape index (κ3) is 2.96. The Labute approximate surface area is 159 Å². The zero-order chi connectivity index (χ0) is 21.0. The summed E-state index contributed by atoms with van der Waals surface area (Å²) >= 11 is 0. The summed E-state index contributed by atoms with van der Waals surface area (Å²) in [7, 11) is -7.32. The Hall–Kier alpha value is -2.80. The maximum atomic E-state index is 13.0. The second-order valence-electron chi connectivity index (χ2n) is 5.68. The van der Waals surface area contributed by atoms with E-state index in [2.05, 4.69) is 0 Å². The summed E-state index contributed by atoms with van der Waals surface area (Å²) in [5, 5.41) is 0. The fourth-order valence-corrected chi connectivity index (χ4v) is 4.14. The lowest BCUT2D eigenvalue weighted by molar-refractivity contribution is 0.0973. The average Bonchev–Trinajstić information content (AvgIpc) is 2.62. The van der Waals surface area contributed by atoms with E-state index in [9.17, 15) is 35.5 Å². The summed E-state index contributed by atoms with van der Waals surface area (Å²) in [4.78, 5) is 24.6. The van der Waals surface area contributed by atoms with Crippen molar-refractivity contribution in [1.82, 2.24) is 0 Å². The van der Waals surface area contributed by atoms with Crippen molar-refractivity contribution in [3.05, 3.63) is 46.5 Å². The smallest absolute Gasteiger partial charge is 0.298 e. The standard InChI is InChI=1S/C16H12O10S2/c1-25-10-6-11(28(22,23)24)16(26-2)13-12(10)15(18)9-5-7(27(19,20)21)3-4-8(9)14(13)17/h3-6H,1-2H3,(H,19,20,21)(H,22,23,24). The first-order valence-corrected chi connectivity index (χ1v) is 10.3. The molecule has 28 heavy (non-hydrogen) atoms. The maximum Gasteiger partial charge on any atom is 0.298 e. The monoisotopic (exact) mass is 428 g/mol. The van der Waals surface area contributed by atoms with Gasteiger partial charge in [0.2, 0.25) is 0 Å². The second-order valence-corrected chi connectivity index (χ2v) is 8.49. The first-order valence-electron chi connectivity index (χ1n) is 7.39. The van der Waals surface area contributed by atoms with Crippen LogP contribution in [-0.2, 0) is 20.2 Å². The Morgan fingerprint density at radius 3 is 1.89 bits per heavy atom. The predicted molar refractivity (Wildman–Crippen MR) is 92.5 cm³/mol. The Kier molecular flexibility index (Phi) is 4.54. The van der Waals surface area contributed by atoms with Gasteiger partial charge in [-0.1, -0.05) is 0 Å². The number of ketones is 2. The third-order valence-electron chi connectivity index (χ3n) is 4.14. The highest BCUT2D eigenvalue weighted by Gasteiger charge is 2.39. The molecule has 0 saturated heterocycles. The molecule has 0 atom stereocenters. The van der Waals surface area contributed by atoms with Crippen molar-refractivity contribution in [2.24, 2.45) is 0 Å². The minimum absolute atomic E-state index is 0.238. The first-order chi connectivity index (χ1) is 12.9. The van der Waals surface area contributed by atoms with Crippen LogP contribution in [-0.4, -0.2) is 51.7 Å². The van der Waals surface area contributed by atoms with Crippen LogP contribution in [0.15, 0.2) is 34.1 Å². The molecule has 2 aromatic carbocycles. The van der Waals surface area contributed by atoms with E-state index in [4.69, 9.17) is 9.47 Å².